The summed E-state index contributed by atoms with van der Waals surface area (Å²) in [6.07, 6.45) is 4.52. The van der Waals surface area contributed by atoms with Crippen LogP contribution in [0, 0.1) is 0 Å². The Bertz CT molecular complexity index is 846. The standard InChI is InChI=1S/C25H26N2/c1-3-9-23(10-4-1)24-15-13-22(14-16-24)8-7-17-26-18-20-27(21-19-26)25-11-5-2-6-12-25/h1-16H,17-21H2. The van der Waals surface area contributed by atoms with E-state index in [1.54, 1.807) is 0 Å². The first-order chi connectivity index (χ1) is 13.4. The van der Waals surface area contributed by atoms with E-state index in [4.69, 9.17) is 0 Å². The minimum Gasteiger partial charge on any atom is -0.369 e. The van der Waals surface area contributed by atoms with E-state index in [1.165, 1.54) is 22.4 Å². The number of benzene rings is 3. The van der Waals surface area contributed by atoms with Crippen LogP contribution in [0.3, 0.4) is 0 Å². The molecule has 2 nitrogen and oxygen atoms in total. The van der Waals surface area contributed by atoms with Crippen LogP contribution >= 0.6 is 0 Å². The average molecular weight is 354 g/mol. The van der Waals surface area contributed by atoms with Crippen molar-refractivity contribution in [3.8, 4) is 11.1 Å². The van der Waals surface area contributed by atoms with Crippen LogP contribution in [0.5, 0.6) is 0 Å². The lowest BCUT2D eigenvalue weighted by atomic mass is 10.0. The maximum atomic E-state index is 2.52. The van der Waals surface area contributed by atoms with E-state index >= 15 is 0 Å². The van der Waals surface area contributed by atoms with Crippen molar-refractivity contribution >= 4 is 11.8 Å². The van der Waals surface area contributed by atoms with E-state index in [1.807, 2.05) is 0 Å². The van der Waals surface area contributed by atoms with Crippen LogP contribution in [-0.2, 0) is 0 Å². The summed E-state index contributed by atoms with van der Waals surface area (Å²) in [7, 11) is 0. The van der Waals surface area contributed by atoms with Crippen LogP contribution in [0.15, 0.2) is 91.0 Å². The molecule has 2 heteroatoms. The summed E-state index contributed by atoms with van der Waals surface area (Å²) in [5.74, 6) is 0. The predicted molar refractivity (Wildman–Crippen MR) is 116 cm³/mol. The second-order valence-electron chi connectivity index (χ2n) is 7.01. The second-order valence-corrected chi connectivity index (χ2v) is 7.01. The summed E-state index contributed by atoms with van der Waals surface area (Å²) < 4.78 is 0. The van der Waals surface area contributed by atoms with E-state index in [0.29, 0.717) is 0 Å². The molecule has 0 atom stereocenters. The second kappa shape index (κ2) is 8.70. The maximum absolute atomic E-state index is 2.52. The lowest BCUT2D eigenvalue weighted by molar-refractivity contribution is 0.284. The van der Waals surface area contributed by atoms with Gasteiger partial charge in [0.2, 0.25) is 0 Å². The van der Waals surface area contributed by atoms with Crippen molar-refractivity contribution in [1.29, 1.82) is 0 Å². The van der Waals surface area contributed by atoms with Gasteiger partial charge in [0, 0.05) is 38.4 Å². The summed E-state index contributed by atoms with van der Waals surface area (Å²) in [5, 5.41) is 0. The van der Waals surface area contributed by atoms with Gasteiger partial charge in [-0.05, 0) is 28.8 Å². The Morgan fingerprint density at radius 3 is 1.89 bits per heavy atom. The van der Waals surface area contributed by atoms with Gasteiger partial charge in [0.05, 0.1) is 0 Å². The number of rotatable bonds is 5. The minimum absolute atomic E-state index is 1.02. The Morgan fingerprint density at radius 2 is 1.22 bits per heavy atom. The highest BCUT2D eigenvalue weighted by atomic mass is 15.3. The number of para-hydroxylation sites is 1. The fourth-order valence-corrected chi connectivity index (χ4v) is 3.58. The third-order valence-electron chi connectivity index (χ3n) is 5.19. The first-order valence-corrected chi connectivity index (χ1v) is 9.73. The van der Waals surface area contributed by atoms with E-state index < -0.39 is 0 Å². The van der Waals surface area contributed by atoms with Crippen molar-refractivity contribution in [1.82, 2.24) is 4.90 Å². The molecule has 0 spiro atoms. The molecule has 0 bridgehead atoms. The molecule has 0 amide bonds. The van der Waals surface area contributed by atoms with Crippen molar-refractivity contribution in [3.05, 3.63) is 96.6 Å². The van der Waals surface area contributed by atoms with Crippen LogP contribution in [0.2, 0.25) is 0 Å². The fraction of sp³-hybridized carbons (Fsp3) is 0.200. The Labute approximate surface area is 162 Å². The lowest BCUT2D eigenvalue weighted by Crippen LogP contribution is -2.46. The van der Waals surface area contributed by atoms with Gasteiger partial charge in [0.1, 0.15) is 0 Å². The van der Waals surface area contributed by atoms with Crippen molar-refractivity contribution < 1.29 is 0 Å². The zero-order valence-corrected chi connectivity index (χ0v) is 15.7. The summed E-state index contributed by atoms with van der Waals surface area (Å²) >= 11 is 0. The van der Waals surface area contributed by atoms with Gasteiger partial charge in [-0.25, -0.2) is 0 Å². The molecule has 27 heavy (non-hydrogen) atoms. The highest BCUT2D eigenvalue weighted by Crippen LogP contribution is 2.20. The molecule has 1 heterocycles. The molecule has 3 aromatic carbocycles. The molecular formula is C25H26N2. The van der Waals surface area contributed by atoms with Crippen LogP contribution in [0.1, 0.15) is 5.56 Å². The molecule has 0 unspecified atom stereocenters. The topological polar surface area (TPSA) is 6.48 Å². The Morgan fingerprint density at radius 1 is 0.630 bits per heavy atom. The van der Waals surface area contributed by atoms with E-state index in [2.05, 4.69) is 107 Å². The van der Waals surface area contributed by atoms with Gasteiger partial charge < -0.3 is 4.90 Å². The van der Waals surface area contributed by atoms with Gasteiger partial charge in [0.15, 0.2) is 0 Å². The quantitative estimate of drug-likeness (QED) is 0.622. The molecule has 136 valence electrons. The SMILES string of the molecule is C(=Cc1ccc(-c2ccccc2)cc1)CN1CCN(c2ccccc2)CC1. The summed E-state index contributed by atoms with van der Waals surface area (Å²) in [6.45, 7) is 5.45. The number of hydrogen-bond donors (Lipinski definition) is 0. The van der Waals surface area contributed by atoms with Gasteiger partial charge >= 0.3 is 0 Å². The molecule has 1 saturated heterocycles. The van der Waals surface area contributed by atoms with E-state index in [-0.39, 0.29) is 0 Å². The van der Waals surface area contributed by atoms with Crippen LogP contribution in [-0.4, -0.2) is 37.6 Å². The largest absolute Gasteiger partial charge is 0.369 e. The molecule has 0 saturated carbocycles. The molecule has 0 radical (unpaired) electrons. The van der Waals surface area contributed by atoms with Crippen molar-refractivity contribution in [2.45, 2.75) is 0 Å². The zero-order chi connectivity index (χ0) is 18.3. The van der Waals surface area contributed by atoms with Gasteiger partial charge in [-0.1, -0.05) is 84.9 Å². The lowest BCUT2D eigenvalue weighted by Gasteiger charge is -2.35. The van der Waals surface area contributed by atoms with Gasteiger partial charge in [-0.3, -0.25) is 4.90 Å². The molecule has 1 fully saturated rings. The monoisotopic (exact) mass is 354 g/mol. The molecule has 0 aliphatic carbocycles. The maximum Gasteiger partial charge on any atom is 0.0367 e. The molecule has 3 aromatic rings. The molecule has 0 N–H and O–H groups in total. The van der Waals surface area contributed by atoms with Crippen molar-refractivity contribution in [3.63, 3.8) is 0 Å². The fourth-order valence-electron chi connectivity index (χ4n) is 3.58. The highest BCUT2D eigenvalue weighted by Gasteiger charge is 2.15. The third kappa shape index (κ3) is 4.66. The van der Waals surface area contributed by atoms with Gasteiger partial charge in [0.25, 0.3) is 0 Å². The minimum atomic E-state index is 1.02. The Balaban J connectivity index is 1.27. The molecular weight excluding hydrogens is 328 g/mol. The van der Waals surface area contributed by atoms with Crippen LogP contribution in [0.4, 0.5) is 5.69 Å². The Hall–Kier alpha value is -2.84. The highest BCUT2D eigenvalue weighted by molar-refractivity contribution is 5.65. The number of anilines is 1. The van der Waals surface area contributed by atoms with Gasteiger partial charge in [-0.15, -0.1) is 0 Å². The molecule has 0 aromatic heterocycles. The number of piperazine rings is 1. The Kier molecular flexibility index (Phi) is 5.66. The zero-order valence-electron chi connectivity index (χ0n) is 15.7. The summed E-state index contributed by atoms with van der Waals surface area (Å²) in [4.78, 5) is 5.00. The smallest absolute Gasteiger partial charge is 0.0367 e. The third-order valence-corrected chi connectivity index (χ3v) is 5.19. The first-order valence-electron chi connectivity index (χ1n) is 9.73. The average Bonchev–Trinajstić information content (AvgIpc) is 2.76. The normalized spacial score (nSPS) is 15.3. The first kappa shape index (κ1) is 17.6. The van der Waals surface area contributed by atoms with Crippen molar-refractivity contribution in [2.24, 2.45) is 0 Å². The van der Waals surface area contributed by atoms with Crippen LogP contribution in [0.25, 0.3) is 17.2 Å². The molecule has 1 aliphatic heterocycles. The van der Waals surface area contributed by atoms with Crippen molar-refractivity contribution in [2.75, 3.05) is 37.6 Å². The van der Waals surface area contributed by atoms with E-state index in [9.17, 15) is 0 Å². The number of hydrogen-bond acceptors (Lipinski definition) is 2. The van der Waals surface area contributed by atoms with E-state index in [0.717, 1.165) is 32.7 Å². The summed E-state index contributed by atoms with van der Waals surface area (Å²) in [5.41, 5.74) is 5.14. The predicted octanol–water partition coefficient (Wildman–Crippen LogP) is 5.19. The van der Waals surface area contributed by atoms with Crippen LogP contribution < -0.4 is 4.90 Å². The van der Waals surface area contributed by atoms with Gasteiger partial charge in [-0.2, -0.15) is 0 Å². The molecule has 1 aliphatic rings. The molecule has 4 rings (SSSR count). The number of nitrogens with zero attached hydrogens (tertiary/aromatic N) is 2. The summed E-state index contributed by atoms with van der Waals surface area (Å²) in [6, 6.07) is 30.1.